The standard InChI is InChI=1S/C15H13BrClNO3/c1-21-13-7-2-9(16)8-12(13)14(15(19)20)18-11-5-3-10(17)4-6-11/h2-8,14,18H,1H3,(H,19,20). The van der Waals surface area contributed by atoms with Gasteiger partial charge < -0.3 is 15.2 Å². The Kier molecular flexibility index (Phi) is 5.09. The van der Waals surface area contributed by atoms with E-state index in [1.165, 1.54) is 7.11 Å². The van der Waals surface area contributed by atoms with Crippen LogP contribution in [0.5, 0.6) is 5.75 Å². The lowest BCUT2D eigenvalue weighted by atomic mass is 10.1. The van der Waals surface area contributed by atoms with Crippen molar-refractivity contribution >= 4 is 39.2 Å². The maximum Gasteiger partial charge on any atom is 0.330 e. The molecule has 0 spiro atoms. The van der Waals surface area contributed by atoms with Crippen LogP contribution in [0.25, 0.3) is 0 Å². The summed E-state index contributed by atoms with van der Waals surface area (Å²) < 4.78 is 6.02. The van der Waals surface area contributed by atoms with Crippen LogP contribution in [-0.2, 0) is 4.79 Å². The molecule has 0 aromatic heterocycles. The molecule has 0 amide bonds. The Balaban J connectivity index is 2.37. The number of carboxylic acid groups (broad SMARTS) is 1. The van der Waals surface area contributed by atoms with Gasteiger partial charge in [-0.15, -0.1) is 0 Å². The van der Waals surface area contributed by atoms with Gasteiger partial charge in [0.15, 0.2) is 6.04 Å². The largest absolute Gasteiger partial charge is 0.496 e. The van der Waals surface area contributed by atoms with Crippen LogP contribution in [-0.4, -0.2) is 18.2 Å². The van der Waals surface area contributed by atoms with Crippen molar-refractivity contribution in [1.29, 1.82) is 0 Å². The fourth-order valence-electron chi connectivity index (χ4n) is 1.92. The maximum atomic E-state index is 11.6. The van der Waals surface area contributed by atoms with E-state index < -0.39 is 12.0 Å². The molecule has 0 fully saturated rings. The highest BCUT2D eigenvalue weighted by molar-refractivity contribution is 9.10. The van der Waals surface area contributed by atoms with E-state index in [-0.39, 0.29) is 0 Å². The molecule has 2 rings (SSSR count). The minimum atomic E-state index is -0.999. The van der Waals surface area contributed by atoms with Crippen molar-refractivity contribution in [2.24, 2.45) is 0 Å². The zero-order valence-electron chi connectivity index (χ0n) is 11.1. The molecule has 1 atom stereocenters. The summed E-state index contributed by atoms with van der Waals surface area (Å²) in [5.74, 6) is -0.492. The summed E-state index contributed by atoms with van der Waals surface area (Å²) in [5, 5.41) is 13.0. The van der Waals surface area contributed by atoms with Gasteiger partial charge in [-0.05, 0) is 42.5 Å². The van der Waals surface area contributed by atoms with E-state index in [1.54, 1.807) is 42.5 Å². The lowest BCUT2D eigenvalue weighted by molar-refractivity contribution is -0.138. The summed E-state index contributed by atoms with van der Waals surface area (Å²) in [5.41, 5.74) is 1.20. The summed E-state index contributed by atoms with van der Waals surface area (Å²) in [6.07, 6.45) is 0. The first kappa shape index (κ1) is 15.7. The van der Waals surface area contributed by atoms with E-state index in [0.29, 0.717) is 22.0 Å². The summed E-state index contributed by atoms with van der Waals surface area (Å²) in [6, 6.07) is 11.1. The predicted octanol–water partition coefficient (Wildman–Crippen LogP) is 4.35. The minimum absolute atomic E-state index is 0.507. The maximum absolute atomic E-state index is 11.6. The summed E-state index contributed by atoms with van der Waals surface area (Å²) in [6.45, 7) is 0. The number of aliphatic carboxylic acids is 1. The van der Waals surface area contributed by atoms with Gasteiger partial charge >= 0.3 is 5.97 Å². The SMILES string of the molecule is COc1ccc(Br)cc1C(Nc1ccc(Cl)cc1)C(=O)O. The minimum Gasteiger partial charge on any atom is -0.496 e. The first-order valence-electron chi connectivity index (χ1n) is 6.09. The first-order valence-corrected chi connectivity index (χ1v) is 7.26. The molecule has 0 aliphatic heterocycles. The summed E-state index contributed by atoms with van der Waals surface area (Å²) in [4.78, 5) is 11.6. The molecule has 2 aromatic rings. The van der Waals surface area contributed by atoms with Crippen LogP contribution in [0.3, 0.4) is 0 Å². The van der Waals surface area contributed by atoms with Gasteiger partial charge in [-0.3, -0.25) is 0 Å². The third-order valence-electron chi connectivity index (χ3n) is 2.90. The highest BCUT2D eigenvalue weighted by Crippen LogP contribution is 2.31. The molecule has 4 nitrogen and oxygen atoms in total. The van der Waals surface area contributed by atoms with Gasteiger partial charge in [-0.1, -0.05) is 27.5 Å². The van der Waals surface area contributed by atoms with Crippen LogP contribution < -0.4 is 10.1 Å². The van der Waals surface area contributed by atoms with Crippen LogP contribution in [0, 0.1) is 0 Å². The normalized spacial score (nSPS) is 11.8. The number of carbonyl (C=O) groups is 1. The molecule has 21 heavy (non-hydrogen) atoms. The Morgan fingerprint density at radius 2 is 1.95 bits per heavy atom. The Hall–Kier alpha value is -1.72. The van der Waals surface area contributed by atoms with Crippen molar-refractivity contribution in [3.8, 4) is 5.75 Å². The number of benzene rings is 2. The number of nitrogens with one attached hydrogen (secondary N) is 1. The number of anilines is 1. The van der Waals surface area contributed by atoms with Crippen molar-refractivity contribution < 1.29 is 14.6 Å². The van der Waals surface area contributed by atoms with E-state index >= 15 is 0 Å². The van der Waals surface area contributed by atoms with Gasteiger partial charge in [0.1, 0.15) is 5.75 Å². The fourth-order valence-corrected chi connectivity index (χ4v) is 2.42. The van der Waals surface area contributed by atoms with Gasteiger partial charge in [0, 0.05) is 20.7 Å². The van der Waals surface area contributed by atoms with Crippen molar-refractivity contribution in [2.75, 3.05) is 12.4 Å². The number of ether oxygens (including phenoxy) is 1. The quantitative estimate of drug-likeness (QED) is 0.821. The highest BCUT2D eigenvalue weighted by atomic mass is 79.9. The highest BCUT2D eigenvalue weighted by Gasteiger charge is 2.23. The van der Waals surface area contributed by atoms with E-state index in [1.807, 2.05) is 0 Å². The zero-order chi connectivity index (χ0) is 15.4. The molecule has 2 aromatic carbocycles. The van der Waals surface area contributed by atoms with Crippen LogP contribution in [0.4, 0.5) is 5.69 Å². The second-order valence-corrected chi connectivity index (χ2v) is 5.66. The van der Waals surface area contributed by atoms with Gasteiger partial charge in [-0.2, -0.15) is 0 Å². The predicted molar refractivity (Wildman–Crippen MR) is 86.1 cm³/mol. The first-order chi connectivity index (χ1) is 10.0. The van der Waals surface area contributed by atoms with Crippen molar-refractivity contribution in [3.05, 3.63) is 57.5 Å². The molecule has 0 saturated carbocycles. The molecule has 0 saturated heterocycles. The molecule has 6 heteroatoms. The topological polar surface area (TPSA) is 58.6 Å². The van der Waals surface area contributed by atoms with E-state index in [0.717, 1.165) is 4.47 Å². The van der Waals surface area contributed by atoms with Gasteiger partial charge in [-0.25, -0.2) is 4.79 Å². The Morgan fingerprint density at radius 3 is 2.52 bits per heavy atom. The molecule has 0 aliphatic rings. The average Bonchev–Trinajstić information content (AvgIpc) is 2.46. The smallest absolute Gasteiger partial charge is 0.330 e. The van der Waals surface area contributed by atoms with Gasteiger partial charge in [0.2, 0.25) is 0 Å². The molecular formula is C15H13BrClNO3. The number of carboxylic acids is 1. The molecule has 0 radical (unpaired) electrons. The van der Waals surface area contributed by atoms with Crippen LogP contribution in [0.15, 0.2) is 46.9 Å². The average molecular weight is 371 g/mol. The Bertz CT molecular complexity index is 646. The van der Waals surface area contributed by atoms with E-state index in [2.05, 4.69) is 21.2 Å². The van der Waals surface area contributed by atoms with E-state index in [9.17, 15) is 9.90 Å². The lowest BCUT2D eigenvalue weighted by Gasteiger charge is -2.19. The fraction of sp³-hybridized carbons (Fsp3) is 0.133. The molecular weight excluding hydrogens is 358 g/mol. The monoisotopic (exact) mass is 369 g/mol. The number of halogens is 2. The van der Waals surface area contributed by atoms with Gasteiger partial charge in [0.05, 0.1) is 7.11 Å². The Morgan fingerprint density at radius 1 is 1.29 bits per heavy atom. The number of rotatable bonds is 5. The summed E-state index contributed by atoms with van der Waals surface area (Å²) in [7, 11) is 1.51. The number of methoxy groups -OCH3 is 1. The van der Waals surface area contributed by atoms with Gasteiger partial charge in [0.25, 0.3) is 0 Å². The van der Waals surface area contributed by atoms with Crippen molar-refractivity contribution in [3.63, 3.8) is 0 Å². The number of hydrogen-bond donors (Lipinski definition) is 2. The van der Waals surface area contributed by atoms with Crippen molar-refractivity contribution in [1.82, 2.24) is 0 Å². The third-order valence-corrected chi connectivity index (χ3v) is 3.65. The molecule has 110 valence electrons. The summed E-state index contributed by atoms with van der Waals surface area (Å²) >= 11 is 9.17. The molecule has 0 aliphatic carbocycles. The lowest BCUT2D eigenvalue weighted by Crippen LogP contribution is -2.21. The zero-order valence-corrected chi connectivity index (χ0v) is 13.5. The molecule has 2 N–H and O–H groups in total. The second kappa shape index (κ2) is 6.83. The molecule has 0 heterocycles. The second-order valence-electron chi connectivity index (χ2n) is 4.31. The Labute approximate surface area is 135 Å². The molecule has 0 bridgehead atoms. The van der Waals surface area contributed by atoms with Crippen LogP contribution in [0.1, 0.15) is 11.6 Å². The number of hydrogen-bond acceptors (Lipinski definition) is 3. The van der Waals surface area contributed by atoms with Crippen LogP contribution in [0.2, 0.25) is 5.02 Å². The van der Waals surface area contributed by atoms with Crippen molar-refractivity contribution in [2.45, 2.75) is 6.04 Å². The van der Waals surface area contributed by atoms with E-state index in [4.69, 9.17) is 16.3 Å². The molecule has 1 unspecified atom stereocenters. The third kappa shape index (κ3) is 3.89. The van der Waals surface area contributed by atoms with Crippen LogP contribution >= 0.6 is 27.5 Å².